The summed E-state index contributed by atoms with van der Waals surface area (Å²) in [6.07, 6.45) is 6.75. The van der Waals surface area contributed by atoms with Crippen molar-refractivity contribution < 1.29 is 19.1 Å². The van der Waals surface area contributed by atoms with Crippen molar-refractivity contribution in [1.82, 2.24) is 10.2 Å². The number of carbonyl (C=O) groups is 2. The number of hydrogen-bond donors (Lipinski definition) is 3. The van der Waals surface area contributed by atoms with Crippen molar-refractivity contribution in [2.75, 3.05) is 29.2 Å². The van der Waals surface area contributed by atoms with Crippen LogP contribution in [0.1, 0.15) is 64.4 Å². The summed E-state index contributed by atoms with van der Waals surface area (Å²) in [7, 11) is 0. The number of fused-ring (bicyclic) bond motifs is 2. The van der Waals surface area contributed by atoms with E-state index in [4.69, 9.17) is 9.47 Å². The lowest BCUT2D eigenvalue weighted by Gasteiger charge is -2.31. The van der Waals surface area contributed by atoms with Crippen molar-refractivity contribution >= 4 is 29.0 Å². The predicted octanol–water partition coefficient (Wildman–Crippen LogP) is 4.26. The molecule has 1 aromatic carbocycles. The molecule has 5 rings (SSSR count). The molecule has 3 N–H and O–H groups in total. The van der Waals surface area contributed by atoms with E-state index in [0.29, 0.717) is 43.4 Å². The minimum absolute atomic E-state index is 0.0114. The highest BCUT2D eigenvalue weighted by molar-refractivity contribution is 6.07. The average Bonchev–Trinajstić information content (AvgIpc) is 3.14. The maximum absolute atomic E-state index is 13.5. The number of ether oxygens (including phenoxy) is 2. The number of hydrogen-bond acceptors (Lipinski definition) is 7. The number of rotatable bonds is 7. The summed E-state index contributed by atoms with van der Waals surface area (Å²) in [5.74, 6) is 1.11. The van der Waals surface area contributed by atoms with Crippen molar-refractivity contribution in [2.24, 2.45) is 5.92 Å². The van der Waals surface area contributed by atoms with Crippen molar-refractivity contribution in [3.8, 4) is 5.88 Å². The van der Waals surface area contributed by atoms with E-state index in [2.05, 4.69) is 26.1 Å². The number of amides is 2. The molecule has 0 radical (unpaired) electrons. The molecule has 9 nitrogen and oxygen atoms in total. The quantitative estimate of drug-likeness (QED) is 0.528. The summed E-state index contributed by atoms with van der Waals surface area (Å²) in [5, 5.41) is 17.8. The molecule has 1 saturated carbocycles. The molecule has 1 spiro atoms. The Hall–Kier alpha value is -3.20. The summed E-state index contributed by atoms with van der Waals surface area (Å²) in [6.45, 7) is 5.03. The van der Waals surface area contributed by atoms with E-state index in [1.165, 1.54) is 6.42 Å². The lowest BCUT2D eigenvalue weighted by Crippen LogP contribution is -2.42. The lowest BCUT2D eigenvalue weighted by molar-refractivity contribution is -0.124. The van der Waals surface area contributed by atoms with Gasteiger partial charge in [-0.1, -0.05) is 25.3 Å². The van der Waals surface area contributed by atoms with Gasteiger partial charge in [-0.25, -0.2) is 0 Å². The van der Waals surface area contributed by atoms with E-state index in [9.17, 15) is 9.59 Å². The van der Waals surface area contributed by atoms with Crippen LogP contribution in [0.2, 0.25) is 0 Å². The number of aromatic nitrogens is 2. The van der Waals surface area contributed by atoms with Gasteiger partial charge in [0, 0.05) is 30.7 Å². The molecule has 192 valence electrons. The molecule has 2 fully saturated rings. The summed E-state index contributed by atoms with van der Waals surface area (Å²) >= 11 is 0. The standard InChI is InChI=1S/C27H35N5O4/c1-17(2)36-23-11-10-22(31-32-23)30-24(18-6-4-3-5-7-18)25(33)28-19-8-9-20-21(16-19)29-26(34)27(20)12-14-35-15-13-27/h8-11,16-18,24H,3-7,12-15H2,1-2H3,(H,28,33)(H,29,34)(H,30,31)/t24-/m0/s1. The molecule has 3 aliphatic rings. The molecular formula is C27H35N5O4. The number of carbonyl (C=O) groups excluding carboxylic acids is 2. The Morgan fingerprint density at radius 2 is 1.89 bits per heavy atom. The lowest BCUT2D eigenvalue weighted by atomic mass is 9.75. The zero-order valence-electron chi connectivity index (χ0n) is 21.0. The number of nitrogens with zero attached hydrogens (tertiary/aromatic N) is 2. The third kappa shape index (κ3) is 5.02. The molecule has 0 unspecified atom stereocenters. The van der Waals surface area contributed by atoms with E-state index >= 15 is 0 Å². The molecule has 9 heteroatoms. The summed E-state index contributed by atoms with van der Waals surface area (Å²) < 4.78 is 11.1. The second-order valence-electron chi connectivity index (χ2n) is 10.3. The Kier molecular flexibility index (Phi) is 7.09. The minimum atomic E-state index is -0.521. The van der Waals surface area contributed by atoms with Gasteiger partial charge < -0.3 is 25.4 Å². The first-order valence-corrected chi connectivity index (χ1v) is 13.1. The van der Waals surface area contributed by atoms with Crippen LogP contribution >= 0.6 is 0 Å². The smallest absolute Gasteiger partial charge is 0.247 e. The molecular weight excluding hydrogens is 458 g/mol. The summed E-state index contributed by atoms with van der Waals surface area (Å²) in [6, 6.07) is 8.85. The van der Waals surface area contributed by atoms with Crippen LogP contribution in [-0.2, 0) is 19.7 Å². The van der Waals surface area contributed by atoms with Crippen LogP contribution in [0.4, 0.5) is 17.2 Å². The monoisotopic (exact) mass is 493 g/mol. The van der Waals surface area contributed by atoms with Crippen molar-refractivity contribution in [2.45, 2.75) is 76.4 Å². The van der Waals surface area contributed by atoms with Crippen molar-refractivity contribution in [1.29, 1.82) is 0 Å². The molecule has 1 aliphatic carbocycles. The second kappa shape index (κ2) is 10.4. The van der Waals surface area contributed by atoms with E-state index in [1.54, 1.807) is 12.1 Å². The van der Waals surface area contributed by atoms with Crippen LogP contribution in [0.5, 0.6) is 5.88 Å². The number of anilines is 3. The molecule has 3 heterocycles. The van der Waals surface area contributed by atoms with Gasteiger partial charge in [-0.05, 0) is 69.2 Å². The Morgan fingerprint density at radius 3 is 2.58 bits per heavy atom. The number of nitrogens with one attached hydrogen (secondary N) is 3. The van der Waals surface area contributed by atoms with Gasteiger partial charge in [0.05, 0.1) is 11.5 Å². The topological polar surface area (TPSA) is 114 Å². The zero-order chi connectivity index (χ0) is 25.1. The molecule has 2 aliphatic heterocycles. The molecule has 1 saturated heterocycles. The van der Waals surface area contributed by atoms with Crippen molar-refractivity contribution in [3.63, 3.8) is 0 Å². The highest BCUT2D eigenvalue weighted by Gasteiger charge is 2.47. The van der Waals surface area contributed by atoms with Gasteiger partial charge in [-0.15, -0.1) is 10.2 Å². The Morgan fingerprint density at radius 1 is 1.11 bits per heavy atom. The molecule has 2 aromatic rings. The van der Waals surface area contributed by atoms with Gasteiger partial charge in [0.25, 0.3) is 0 Å². The number of benzene rings is 1. The van der Waals surface area contributed by atoms with Gasteiger partial charge in [0.2, 0.25) is 17.7 Å². The fourth-order valence-electron chi connectivity index (χ4n) is 5.67. The van der Waals surface area contributed by atoms with Gasteiger partial charge in [0.15, 0.2) is 0 Å². The Labute approximate surface area is 211 Å². The van der Waals surface area contributed by atoms with E-state index < -0.39 is 11.5 Å². The van der Waals surface area contributed by atoms with E-state index in [1.807, 2.05) is 32.0 Å². The van der Waals surface area contributed by atoms with Crippen LogP contribution in [-0.4, -0.2) is 47.4 Å². The molecule has 1 atom stereocenters. The van der Waals surface area contributed by atoms with E-state index in [-0.39, 0.29) is 23.8 Å². The third-order valence-corrected chi connectivity index (χ3v) is 7.54. The first-order chi connectivity index (χ1) is 17.4. The maximum atomic E-state index is 13.5. The zero-order valence-corrected chi connectivity index (χ0v) is 21.0. The highest BCUT2D eigenvalue weighted by Crippen LogP contribution is 2.45. The molecule has 0 bridgehead atoms. The molecule has 2 amide bonds. The second-order valence-corrected chi connectivity index (χ2v) is 10.3. The highest BCUT2D eigenvalue weighted by atomic mass is 16.5. The van der Waals surface area contributed by atoms with Gasteiger partial charge in [-0.2, -0.15) is 0 Å². The Bertz CT molecular complexity index is 1090. The first kappa shape index (κ1) is 24.5. The first-order valence-electron chi connectivity index (χ1n) is 13.1. The van der Waals surface area contributed by atoms with Gasteiger partial charge >= 0.3 is 0 Å². The fourth-order valence-corrected chi connectivity index (χ4v) is 5.67. The van der Waals surface area contributed by atoms with Crippen LogP contribution < -0.4 is 20.7 Å². The fraction of sp³-hybridized carbons (Fsp3) is 0.556. The van der Waals surface area contributed by atoms with Gasteiger partial charge in [-0.3, -0.25) is 9.59 Å². The van der Waals surface area contributed by atoms with Crippen LogP contribution in [0.25, 0.3) is 0 Å². The third-order valence-electron chi connectivity index (χ3n) is 7.54. The van der Waals surface area contributed by atoms with E-state index in [0.717, 1.165) is 36.9 Å². The van der Waals surface area contributed by atoms with Crippen LogP contribution in [0.3, 0.4) is 0 Å². The maximum Gasteiger partial charge on any atom is 0.247 e. The van der Waals surface area contributed by atoms with Crippen LogP contribution in [0.15, 0.2) is 30.3 Å². The predicted molar refractivity (Wildman–Crippen MR) is 137 cm³/mol. The SMILES string of the molecule is CC(C)Oc1ccc(N[C@H](C(=O)Nc2ccc3c(c2)NC(=O)C32CCOCC2)C2CCCCC2)nn1. The summed E-state index contributed by atoms with van der Waals surface area (Å²) in [4.78, 5) is 26.4. The normalized spacial score (nSPS) is 20.0. The Balaban J connectivity index is 1.32. The van der Waals surface area contributed by atoms with Gasteiger partial charge in [0.1, 0.15) is 11.9 Å². The van der Waals surface area contributed by atoms with Crippen molar-refractivity contribution in [3.05, 3.63) is 35.9 Å². The minimum Gasteiger partial charge on any atom is -0.474 e. The molecule has 36 heavy (non-hydrogen) atoms. The molecule has 1 aromatic heterocycles. The largest absolute Gasteiger partial charge is 0.474 e. The van der Waals surface area contributed by atoms with Crippen LogP contribution in [0, 0.1) is 5.92 Å². The average molecular weight is 494 g/mol. The summed E-state index contributed by atoms with van der Waals surface area (Å²) in [5.41, 5.74) is 1.91.